The lowest BCUT2D eigenvalue weighted by molar-refractivity contribution is 0.245. The van der Waals surface area contributed by atoms with Gasteiger partial charge in [-0.15, -0.1) is 11.3 Å². The third-order valence-corrected chi connectivity index (χ3v) is 5.08. The van der Waals surface area contributed by atoms with Crippen LogP contribution >= 0.6 is 11.3 Å². The molecule has 1 N–H and O–H groups in total. The smallest absolute Gasteiger partial charge is 0.0330 e. The summed E-state index contributed by atoms with van der Waals surface area (Å²) in [6.45, 7) is 4.99. The summed E-state index contributed by atoms with van der Waals surface area (Å²) < 4.78 is 0. The van der Waals surface area contributed by atoms with E-state index in [1.165, 1.54) is 63.2 Å². The standard InChI is InChI=1S/C15H24N2S/c1(3-13-7-8-16-11-13)9-17(14-5-6-14)12-15-4-2-10-18-15/h2,4,10,13-14,16H,1,3,5-9,11-12H2. The summed E-state index contributed by atoms with van der Waals surface area (Å²) in [5.74, 6) is 0.952. The monoisotopic (exact) mass is 264 g/mol. The Hall–Kier alpha value is -0.380. The topological polar surface area (TPSA) is 15.3 Å². The Labute approximate surface area is 114 Å². The molecule has 1 aliphatic carbocycles. The van der Waals surface area contributed by atoms with Crippen molar-refractivity contribution >= 4 is 11.3 Å². The van der Waals surface area contributed by atoms with Crippen molar-refractivity contribution in [2.45, 2.75) is 44.7 Å². The molecule has 0 amide bonds. The van der Waals surface area contributed by atoms with Crippen molar-refractivity contribution in [1.82, 2.24) is 10.2 Å². The zero-order valence-electron chi connectivity index (χ0n) is 11.1. The molecule has 2 fully saturated rings. The van der Waals surface area contributed by atoms with E-state index in [0.29, 0.717) is 0 Å². The largest absolute Gasteiger partial charge is 0.316 e. The molecule has 1 aliphatic heterocycles. The summed E-state index contributed by atoms with van der Waals surface area (Å²) in [7, 11) is 0. The predicted octanol–water partition coefficient (Wildman–Crippen LogP) is 3.10. The first-order valence-corrected chi connectivity index (χ1v) is 8.27. The normalized spacial score (nSPS) is 23.9. The maximum Gasteiger partial charge on any atom is 0.0330 e. The molecule has 0 aromatic carbocycles. The van der Waals surface area contributed by atoms with Crippen LogP contribution in [0, 0.1) is 5.92 Å². The maximum absolute atomic E-state index is 3.47. The van der Waals surface area contributed by atoms with Gasteiger partial charge in [0.2, 0.25) is 0 Å². The van der Waals surface area contributed by atoms with Crippen LogP contribution in [-0.4, -0.2) is 30.6 Å². The highest BCUT2D eigenvalue weighted by Gasteiger charge is 2.28. The second kappa shape index (κ2) is 6.18. The number of hydrogen-bond acceptors (Lipinski definition) is 3. The molecule has 3 heteroatoms. The molecular formula is C15H24N2S. The summed E-state index contributed by atoms with van der Waals surface area (Å²) in [4.78, 5) is 4.25. The Morgan fingerprint density at radius 2 is 2.28 bits per heavy atom. The number of rotatable bonds is 7. The van der Waals surface area contributed by atoms with Crippen molar-refractivity contribution in [2.75, 3.05) is 19.6 Å². The summed E-state index contributed by atoms with van der Waals surface area (Å²) in [5.41, 5.74) is 0. The lowest BCUT2D eigenvalue weighted by atomic mass is 10.0. The summed E-state index contributed by atoms with van der Waals surface area (Å²) >= 11 is 1.90. The molecule has 0 radical (unpaired) electrons. The minimum Gasteiger partial charge on any atom is -0.316 e. The molecule has 1 atom stereocenters. The predicted molar refractivity (Wildman–Crippen MR) is 78.0 cm³/mol. The second-order valence-corrected chi connectivity index (χ2v) is 6.81. The third kappa shape index (κ3) is 3.56. The van der Waals surface area contributed by atoms with Gasteiger partial charge in [-0.1, -0.05) is 6.07 Å². The maximum atomic E-state index is 3.47. The first kappa shape index (κ1) is 12.6. The van der Waals surface area contributed by atoms with Crippen LogP contribution in [0.3, 0.4) is 0 Å². The molecule has 1 saturated carbocycles. The molecule has 1 unspecified atom stereocenters. The van der Waals surface area contributed by atoms with Crippen LogP contribution in [-0.2, 0) is 6.54 Å². The number of nitrogens with one attached hydrogen (secondary N) is 1. The van der Waals surface area contributed by atoms with Gasteiger partial charge >= 0.3 is 0 Å². The van der Waals surface area contributed by atoms with Crippen molar-refractivity contribution in [3.05, 3.63) is 22.4 Å². The Bertz CT molecular complexity index is 339. The van der Waals surface area contributed by atoms with E-state index in [4.69, 9.17) is 0 Å². The van der Waals surface area contributed by atoms with Crippen LogP contribution in [0.5, 0.6) is 0 Å². The van der Waals surface area contributed by atoms with E-state index in [1.54, 1.807) is 0 Å². The van der Waals surface area contributed by atoms with E-state index in [1.807, 2.05) is 11.3 Å². The van der Waals surface area contributed by atoms with Crippen molar-refractivity contribution in [1.29, 1.82) is 0 Å². The minimum absolute atomic E-state index is 0.897. The summed E-state index contributed by atoms with van der Waals surface area (Å²) in [6, 6.07) is 5.35. The lowest BCUT2D eigenvalue weighted by Gasteiger charge is -2.22. The highest BCUT2D eigenvalue weighted by molar-refractivity contribution is 7.09. The summed E-state index contributed by atoms with van der Waals surface area (Å²) in [5, 5.41) is 5.67. The Morgan fingerprint density at radius 1 is 1.33 bits per heavy atom. The fourth-order valence-electron chi connectivity index (χ4n) is 2.98. The van der Waals surface area contributed by atoms with E-state index in [9.17, 15) is 0 Å². The van der Waals surface area contributed by atoms with E-state index in [-0.39, 0.29) is 0 Å². The molecule has 1 saturated heterocycles. The van der Waals surface area contributed by atoms with E-state index in [2.05, 4.69) is 27.7 Å². The van der Waals surface area contributed by atoms with Gasteiger partial charge in [0, 0.05) is 17.5 Å². The van der Waals surface area contributed by atoms with Crippen LogP contribution in [0.2, 0.25) is 0 Å². The van der Waals surface area contributed by atoms with Gasteiger partial charge in [-0.25, -0.2) is 0 Å². The van der Waals surface area contributed by atoms with Gasteiger partial charge in [0.05, 0.1) is 0 Å². The molecule has 0 spiro atoms. The van der Waals surface area contributed by atoms with Crippen LogP contribution < -0.4 is 5.32 Å². The third-order valence-electron chi connectivity index (χ3n) is 4.22. The number of hydrogen-bond donors (Lipinski definition) is 1. The number of nitrogens with zero attached hydrogens (tertiary/aromatic N) is 1. The molecule has 1 aromatic heterocycles. The zero-order chi connectivity index (χ0) is 12.2. The van der Waals surface area contributed by atoms with Crippen molar-refractivity contribution < 1.29 is 0 Å². The Balaban J connectivity index is 1.42. The molecule has 2 aliphatic rings. The van der Waals surface area contributed by atoms with Crippen LogP contribution in [0.4, 0.5) is 0 Å². The average Bonchev–Trinajstić information content (AvgIpc) is 2.89. The highest BCUT2D eigenvalue weighted by atomic mass is 32.1. The van der Waals surface area contributed by atoms with E-state index < -0.39 is 0 Å². The zero-order valence-corrected chi connectivity index (χ0v) is 11.9. The first-order chi connectivity index (χ1) is 8.92. The Morgan fingerprint density at radius 3 is 2.94 bits per heavy atom. The van der Waals surface area contributed by atoms with E-state index >= 15 is 0 Å². The Kier molecular flexibility index (Phi) is 4.34. The molecular weight excluding hydrogens is 240 g/mol. The van der Waals surface area contributed by atoms with Gasteiger partial charge in [-0.3, -0.25) is 4.90 Å². The quantitative estimate of drug-likeness (QED) is 0.814. The van der Waals surface area contributed by atoms with Gasteiger partial charge in [0.25, 0.3) is 0 Å². The second-order valence-electron chi connectivity index (χ2n) is 5.78. The molecule has 100 valence electrons. The van der Waals surface area contributed by atoms with Crippen LogP contribution in [0.15, 0.2) is 17.5 Å². The fourth-order valence-corrected chi connectivity index (χ4v) is 3.71. The fraction of sp³-hybridized carbons (Fsp3) is 0.733. The van der Waals surface area contributed by atoms with Crippen LogP contribution in [0.1, 0.15) is 37.0 Å². The molecule has 18 heavy (non-hydrogen) atoms. The van der Waals surface area contributed by atoms with Crippen molar-refractivity contribution in [3.63, 3.8) is 0 Å². The molecule has 2 nitrogen and oxygen atoms in total. The highest BCUT2D eigenvalue weighted by Crippen LogP contribution is 2.29. The summed E-state index contributed by atoms with van der Waals surface area (Å²) in [6.07, 6.45) is 7.05. The van der Waals surface area contributed by atoms with Gasteiger partial charge in [-0.05, 0) is 69.1 Å². The minimum atomic E-state index is 0.897. The molecule has 2 heterocycles. The molecule has 3 rings (SSSR count). The van der Waals surface area contributed by atoms with Crippen molar-refractivity contribution in [3.8, 4) is 0 Å². The van der Waals surface area contributed by atoms with Crippen molar-refractivity contribution in [2.24, 2.45) is 5.92 Å². The van der Waals surface area contributed by atoms with Gasteiger partial charge < -0.3 is 5.32 Å². The van der Waals surface area contributed by atoms with Gasteiger partial charge in [0.15, 0.2) is 0 Å². The van der Waals surface area contributed by atoms with E-state index in [0.717, 1.165) is 12.0 Å². The van der Waals surface area contributed by atoms with Gasteiger partial charge in [-0.2, -0.15) is 0 Å². The SMILES string of the molecule is c1csc(CN(CCCC2CCNC2)C2CC2)c1. The number of thiophene rings is 1. The lowest BCUT2D eigenvalue weighted by Crippen LogP contribution is -2.26. The molecule has 0 bridgehead atoms. The first-order valence-electron chi connectivity index (χ1n) is 7.39. The average molecular weight is 264 g/mol. The van der Waals surface area contributed by atoms with Gasteiger partial charge in [0.1, 0.15) is 0 Å². The molecule has 1 aromatic rings. The van der Waals surface area contributed by atoms with Crippen LogP contribution in [0.25, 0.3) is 0 Å².